The third-order valence-electron chi connectivity index (χ3n) is 3.19. The zero-order chi connectivity index (χ0) is 16.1. The van der Waals surface area contributed by atoms with Gasteiger partial charge in [-0.15, -0.1) is 0 Å². The molecule has 5 heteroatoms. The maximum atomic E-state index is 11.8. The third kappa shape index (κ3) is 8.71. The van der Waals surface area contributed by atoms with E-state index in [1.54, 1.807) is 13.8 Å². The Labute approximate surface area is 129 Å². The van der Waals surface area contributed by atoms with Crippen LogP contribution in [-0.2, 0) is 19.1 Å². The Balaban J connectivity index is 4.39. The SMILES string of the molecule is CCCN(CCC)CCCC(C(=O)OCC)C(=O)OCC. The van der Waals surface area contributed by atoms with Crippen molar-refractivity contribution >= 4 is 11.9 Å². The number of carbonyl (C=O) groups is 2. The van der Waals surface area contributed by atoms with E-state index >= 15 is 0 Å². The first-order valence-electron chi connectivity index (χ1n) is 8.16. The van der Waals surface area contributed by atoms with E-state index in [0.717, 1.165) is 38.9 Å². The number of esters is 2. The van der Waals surface area contributed by atoms with Gasteiger partial charge in [0.05, 0.1) is 13.2 Å². The lowest BCUT2D eigenvalue weighted by Gasteiger charge is -2.21. The highest BCUT2D eigenvalue weighted by molar-refractivity contribution is 5.94. The van der Waals surface area contributed by atoms with Gasteiger partial charge in [0.15, 0.2) is 5.92 Å². The minimum atomic E-state index is -0.782. The third-order valence-corrected chi connectivity index (χ3v) is 3.19. The van der Waals surface area contributed by atoms with E-state index in [-0.39, 0.29) is 13.2 Å². The van der Waals surface area contributed by atoms with Crippen LogP contribution in [0.1, 0.15) is 53.4 Å². The maximum Gasteiger partial charge on any atom is 0.320 e. The van der Waals surface area contributed by atoms with Crippen LogP contribution in [0, 0.1) is 5.92 Å². The Hall–Kier alpha value is -1.10. The van der Waals surface area contributed by atoms with Crippen molar-refractivity contribution in [3.05, 3.63) is 0 Å². The summed E-state index contributed by atoms with van der Waals surface area (Å²) >= 11 is 0. The summed E-state index contributed by atoms with van der Waals surface area (Å²) in [7, 11) is 0. The smallest absolute Gasteiger partial charge is 0.320 e. The van der Waals surface area contributed by atoms with Crippen LogP contribution < -0.4 is 0 Å². The fourth-order valence-electron chi connectivity index (χ4n) is 2.30. The molecule has 0 unspecified atom stereocenters. The predicted molar refractivity (Wildman–Crippen MR) is 83.0 cm³/mol. The summed E-state index contributed by atoms with van der Waals surface area (Å²) in [4.78, 5) is 26.1. The van der Waals surface area contributed by atoms with Gasteiger partial charge in [0.25, 0.3) is 0 Å². The first-order chi connectivity index (χ1) is 10.1. The van der Waals surface area contributed by atoms with Crippen LogP contribution >= 0.6 is 0 Å². The molecule has 0 radical (unpaired) electrons. The van der Waals surface area contributed by atoms with E-state index in [2.05, 4.69) is 18.7 Å². The Bertz CT molecular complexity index is 270. The Kier molecular flexibility index (Phi) is 12.0. The largest absolute Gasteiger partial charge is 0.465 e. The molecule has 21 heavy (non-hydrogen) atoms. The zero-order valence-corrected chi connectivity index (χ0v) is 14.0. The zero-order valence-electron chi connectivity index (χ0n) is 14.0. The van der Waals surface area contributed by atoms with Crippen LogP contribution in [0.15, 0.2) is 0 Å². The molecule has 0 aromatic heterocycles. The fourth-order valence-corrected chi connectivity index (χ4v) is 2.30. The lowest BCUT2D eigenvalue weighted by molar-refractivity contribution is -0.162. The second-order valence-electron chi connectivity index (χ2n) is 5.04. The lowest BCUT2D eigenvalue weighted by Crippen LogP contribution is -2.31. The molecule has 0 aliphatic carbocycles. The molecule has 0 aliphatic heterocycles. The minimum Gasteiger partial charge on any atom is -0.465 e. The van der Waals surface area contributed by atoms with Crippen LogP contribution in [0.3, 0.4) is 0 Å². The fraction of sp³-hybridized carbons (Fsp3) is 0.875. The molecule has 0 amide bonds. The topological polar surface area (TPSA) is 55.8 Å². The van der Waals surface area contributed by atoms with Gasteiger partial charge in [-0.3, -0.25) is 9.59 Å². The summed E-state index contributed by atoms with van der Waals surface area (Å²) < 4.78 is 9.94. The molecule has 0 heterocycles. The molecule has 0 saturated carbocycles. The molecule has 0 aromatic carbocycles. The first-order valence-corrected chi connectivity index (χ1v) is 8.16. The van der Waals surface area contributed by atoms with Gasteiger partial charge < -0.3 is 14.4 Å². The molecule has 0 atom stereocenters. The van der Waals surface area contributed by atoms with Crippen molar-refractivity contribution in [2.45, 2.75) is 53.4 Å². The van der Waals surface area contributed by atoms with E-state index in [1.807, 2.05) is 0 Å². The van der Waals surface area contributed by atoms with Gasteiger partial charge in [-0.25, -0.2) is 0 Å². The molecule has 5 nitrogen and oxygen atoms in total. The van der Waals surface area contributed by atoms with Crippen LogP contribution in [0.5, 0.6) is 0 Å². The van der Waals surface area contributed by atoms with Gasteiger partial charge in [-0.2, -0.15) is 0 Å². The van der Waals surface area contributed by atoms with Crippen molar-refractivity contribution < 1.29 is 19.1 Å². The van der Waals surface area contributed by atoms with Gasteiger partial charge >= 0.3 is 11.9 Å². The lowest BCUT2D eigenvalue weighted by atomic mass is 10.0. The highest BCUT2D eigenvalue weighted by atomic mass is 16.6. The Morgan fingerprint density at radius 2 is 1.33 bits per heavy atom. The maximum absolute atomic E-state index is 11.8. The van der Waals surface area contributed by atoms with Crippen molar-refractivity contribution in [2.24, 2.45) is 5.92 Å². The summed E-state index contributed by atoms with van der Waals surface area (Å²) in [5, 5.41) is 0. The van der Waals surface area contributed by atoms with Crippen LogP contribution in [0.4, 0.5) is 0 Å². The molecular formula is C16H31NO4. The van der Waals surface area contributed by atoms with Crippen molar-refractivity contribution in [2.75, 3.05) is 32.8 Å². The van der Waals surface area contributed by atoms with Gasteiger partial charge in [-0.05, 0) is 59.2 Å². The van der Waals surface area contributed by atoms with E-state index in [1.165, 1.54) is 0 Å². The van der Waals surface area contributed by atoms with Crippen LogP contribution in [0.25, 0.3) is 0 Å². The highest BCUT2D eigenvalue weighted by Gasteiger charge is 2.29. The summed E-state index contributed by atoms with van der Waals surface area (Å²) in [6.07, 6.45) is 3.50. The average molecular weight is 301 g/mol. The van der Waals surface area contributed by atoms with E-state index in [4.69, 9.17) is 9.47 Å². The number of rotatable bonds is 12. The summed E-state index contributed by atoms with van der Waals surface area (Å²) in [5.41, 5.74) is 0. The van der Waals surface area contributed by atoms with Crippen molar-refractivity contribution in [3.63, 3.8) is 0 Å². The highest BCUT2D eigenvalue weighted by Crippen LogP contribution is 2.13. The average Bonchev–Trinajstić information content (AvgIpc) is 2.44. The second-order valence-corrected chi connectivity index (χ2v) is 5.04. The van der Waals surface area contributed by atoms with Gasteiger partial charge in [0, 0.05) is 0 Å². The van der Waals surface area contributed by atoms with Crippen molar-refractivity contribution in [3.8, 4) is 0 Å². The van der Waals surface area contributed by atoms with Gasteiger partial charge in [0.1, 0.15) is 0 Å². The van der Waals surface area contributed by atoms with Crippen LogP contribution in [-0.4, -0.2) is 49.7 Å². The Morgan fingerprint density at radius 3 is 1.71 bits per heavy atom. The summed E-state index contributed by atoms with van der Waals surface area (Å²) in [6, 6.07) is 0. The standard InChI is InChI=1S/C16H31NO4/c1-5-11-17(12-6-2)13-9-10-14(15(18)20-7-3)16(19)21-8-4/h14H,5-13H2,1-4H3. The molecule has 0 saturated heterocycles. The van der Waals surface area contributed by atoms with Crippen molar-refractivity contribution in [1.82, 2.24) is 4.90 Å². The molecule has 0 fully saturated rings. The Morgan fingerprint density at radius 1 is 0.857 bits per heavy atom. The number of hydrogen-bond donors (Lipinski definition) is 0. The first kappa shape index (κ1) is 19.9. The monoisotopic (exact) mass is 301 g/mol. The number of hydrogen-bond acceptors (Lipinski definition) is 5. The predicted octanol–water partition coefficient (Wildman–Crippen LogP) is 2.63. The molecule has 0 rings (SSSR count). The molecule has 0 aromatic rings. The number of nitrogens with zero attached hydrogens (tertiary/aromatic N) is 1. The normalized spacial score (nSPS) is 11.0. The van der Waals surface area contributed by atoms with E-state index in [9.17, 15) is 9.59 Å². The van der Waals surface area contributed by atoms with Crippen LogP contribution in [0.2, 0.25) is 0 Å². The molecule has 0 spiro atoms. The molecule has 124 valence electrons. The summed E-state index contributed by atoms with van der Waals surface area (Å²) in [6.45, 7) is 11.4. The number of ether oxygens (including phenoxy) is 2. The molecule has 0 aliphatic rings. The van der Waals surface area contributed by atoms with E-state index in [0.29, 0.717) is 6.42 Å². The van der Waals surface area contributed by atoms with Gasteiger partial charge in [0.2, 0.25) is 0 Å². The minimum absolute atomic E-state index is 0.284. The molecule has 0 N–H and O–H groups in total. The summed E-state index contributed by atoms with van der Waals surface area (Å²) in [5.74, 6) is -1.71. The second kappa shape index (κ2) is 12.6. The van der Waals surface area contributed by atoms with E-state index < -0.39 is 17.9 Å². The number of carbonyl (C=O) groups excluding carboxylic acids is 2. The molecule has 0 bridgehead atoms. The van der Waals surface area contributed by atoms with Gasteiger partial charge in [-0.1, -0.05) is 13.8 Å². The molecular weight excluding hydrogens is 270 g/mol. The van der Waals surface area contributed by atoms with Crippen molar-refractivity contribution in [1.29, 1.82) is 0 Å². The quantitative estimate of drug-likeness (QED) is 0.410.